The first-order valence-corrected chi connectivity index (χ1v) is 4.85. The van der Waals surface area contributed by atoms with Crippen molar-refractivity contribution in [3.05, 3.63) is 29.3 Å². The Labute approximate surface area is 92.5 Å². The summed E-state index contributed by atoms with van der Waals surface area (Å²) in [5, 5.41) is 27.6. The van der Waals surface area contributed by atoms with Crippen molar-refractivity contribution in [2.75, 3.05) is 11.6 Å². The van der Waals surface area contributed by atoms with Gasteiger partial charge in [0.1, 0.15) is 12.2 Å². The number of halogens is 1. The summed E-state index contributed by atoms with van der Waals surface area (Å²) in [6.45, 7) is 0. The Bertz CT molecular complexity index is 389. The van der Waals surface area contributed by atoms with Gasteiger partial charge in [-0.05, 0) is 17.7 Å². The van der Waals surface area contributed by atoms with E-state index in [-0.39, 0.29) is 11.6 Å². The lowest BCUT2D eigenvalue weighted by molar-refractivity contribution is 0.0327. The molecule has 1 aromatic rings. The van der Waals surface area contributed by atoms with Gasteiger partial charge in [-0.3, -0.25) is 0 Å². The highest BCUT2D eigenvalue weighted by Crippen LogP contribution is 2.22. The van der Waals surface area contributed by atoms with Gasteiger partial charge in [-0.1, -0.05) is 6.07 Å². The first kappa shape index (κ1) is 11.8. The van der Waals surface area contributed by atoms with Gasteiger partial charge in [-0.25, -0.2) is 0 Å². The number of benzene rings is 1. The molecule has 0 saturated carbocycles. The van der Waals surface area contributed by atoms with Crippen LogP contribution in [0.4, 0.5) is 5.69 Å². The molecule has 4 nitrogen and oxygen atoms in total. The minimum absolute atomic E-state index is 0.0684. The second kappa shape index (κ2) is 4.99. The lowest BCUT2D eigenvalue weighted by Crippen LogP contribution is -2.19. The van der Waals surface area contributed by atoms with Crippen LogP contribution in [0.2, 0.25) is 0 Å². The van der Waals surface area contributed by atoms with Crippen LogP contribution in [0.3, 0.4) is 0 Å². The third-order valence-electron chi connectivity index (χ3n) is 2.06. The Hall–Kier alpha value is -1.28. The summed E-state index contributed by atoms with van der Waals surface area (Å²) in [5.41, 5.74) is 6.62. The number of nitrogen functional groups attached to an aromatic ring is 1. The van der Waals surface area contributed by atoms with E-state index in [0.717, 1.165) is 0 Å². The fraction of sp³-hybridized carbons (Fsp3) is 0.300. The molecule has 4 N–H and O–H groups in total. The maximum atomic E-state index is 9.60. The van der Waals surface area contributed by atoms with Gasteiger partial charge < -0.3 is 15.9 Å². The van der Waals surface area contributed by atoms with Crippen molar-refractivity contribution in [1.29, 1.82) is 5.26 Å². The molecular weight excluding hydrogens is 216 g/mol. The summed E-state index contributed by atoms with van der Waals surface area (Å²) >= 11 is 5.40. The number of aliphatic hydroxyl groups is 2. The zero-order valence-corrected chi connectivity index (χ0v) is 8.65. The number of hydrogen-bond acceptors (Lipinski definition) is 4. The Morgan fingerprint density at radius 1 is 1.47 bits per heavy atom. The van der Waals surface area contributed by atoms with Crippen LogP contribution in [0.25, 0.3) is 0 Å². The molecule has 2 unspecified atom stereocenters. The normalized spacial score (nSPS) is 14.3. The van der Waals surface area contributed by atoms with Crippen molar-refractivity contribution in [1.82, 2.24) is 0 Å². The van der Waals surface area contributed by atoms with E-state index in [0.29, 0.717) is 11.1 Å². The van der Waals surface area contributed by atoms with E-state index in [1.54, 1.807) is 0 Å². The highest BCUT2D eigenvalue weighted by molar-refractivity contribution is 6.18. The quantitative estimate of drug-likeness (QED) is 0.525. The van der Waals surface area contributed by atoms with Gasteiger partial charge in [0.15, 0.2) is 0 Å². The smallest absolute Gasteiger partial charge is 0.106 e. The number of alkyl halides is 1. The lowest BCUT2D eigenvalue weighted by Gasteiger charge is -2.16. The summed E-state index contributed by atoms with van der Waals surface area (Å²) in [5.74, 6) is -0.0684. The SMILES string of the molecule is N#Cc1ccc(C(O)C(O)CCl)cc1N. The Kier molecular flexibility index (Phi) is 3.92. The first-order chi connectivity index (χ1) is 7.10. The van der Waals surface area contributed by atoms with Crippen LogP contribution in [0.1, 0.15) is 17.2 Å². The second-order valence-corrected chi connectivity index (χ2v) is 3.43. The van der Waals surface area contributed by atoms with Gasteiger partial charge in [0.05, 0.1) is 17.5 Å². The van der Waals surface area contributed by atoms with Crippen molar-refractivity contribution in [2.24, 2.45) is 0 Å². The van der Waals surface area contributed by atoms with Crippen LogP contribution in [-0.4, -0.2) is 22.2 Å². The van der Waals surface area contributed by atoms with Gasteiger partial charge in [0.2, 0.25) is 0 Å². The highest BCUT2D eigenvalue weighted by atomic mass is 35.5. The minimum atomic E-state index is -1.09. The van der Waals surface area contributed by atoms with Gasteiger partial charge in [-0.2, -0.15) is 5.26 Å². The molecule has 0 radical (unpaired) electrons. The number of hydrogen-bond donors (Lipinski definition) is 3. The number of anilines is 1. The fourth-order valence-corrected chi connectivity index (χ4v) is 1.34. The molecule has 0 fully saturated rings. The van der Waals surface area contributed by atoms with E-state index in [4.69, 9.17) is 22.6 Å². The van der Waals surface area contributed by atoms with Crippen LogP contribution < -0.4 is 5.73 Å². The van der Waals surface area contributed by atoms with E-state index in [1.165, 1.54) is 18.2 Å². The number of nitrogens with two attached hydrogens (primary N) is 1. The summed E-state index contributed by atoms with van der Waals surface area (Å²) < 4.78 is 0. The van der Waals surface area contributed by atoms with Gasteiger partial charge >= 0.3 is 0 Å². The van der Waals surface area contributed by atoms with Crippen molar-refractivity contribution >= 4 is 17.3 Å². The predicted octanol–water partition coefficient (Wildman–Crippen LogP) is 0.774. The van der Waals surface area contributed by atoms with Gasteiger partial charge in [-0.15, -0.1) is 11.6 Å². The molecule has 0 aromatic heterocycles. The largest absolute Gasteiger partial charge is 0.398 e. The van der Waals surface area contributed by atoms with Crippen molar-refractivity contribution in [2.45, 2.75) is 12.2 Å². The molecule has 1 rings (SSSR count). The number of aliphatic hydroxyl groups excluding tert-OH is 2. The third-order valence-corrected chi connectivity index (χ3v) is 2.38. The van der Waals surface area contributed by atoms with Crippen LogP contribution in [0.5, 0.6) is 0 Å². The van der Waals surface area contributed by atoms with E-state index < -0.39 is 12.2 Å². The fourth-order valence-electron chi connectivity index (χ4n) is 1.17. The van der Waals surface area contributed by atoms with E-state index >= 15 is 0 Å². The average Bonchev–Trinajstić information content (AvgIpc) is 2.26. The number of rotatable bonds is 3. The van der Waals surface area contributed by atoms with Crippen LogP contribution in [0, 0.1) is 11.3 Å². The minimum Gasteiger partial charge on any atom is -0.398 e. The molecule has 0 heterocycles. The van der Waals surface area contributed by atoms with E-state index in [9.17, 15) is 10.2 Å². The molecule has 0 spiro atoms. The zero-order chi connectivity index (χ0) is 11.4. The second-order valence-electron chi connectivity index (χ2n) is 3.12. The van der Waals surface area contributed by atoms with Crippen molar-refractivity contribution in [3.63, 3.8) is 0 Å². The summed E-state index contributed by atoms with van der Waals surface area (Å²) in [6.07, 6.45) is -2.13. The summed E-state index contributed by atoms with van der Waals surface area (Å²) in [7, 11) is 0. The lowest BCUT2D eigenvalue weighted by atomic mass is 10.0. The molecule has 0 aliphatic rings. The standard InChI is InChI=1S/C10H11ClN2O2/c11-4-9(14)10(15)6-1-2-7(5-12)8(13)3-6/h1-3,9-10,14-15H,4,13H2. The van der Waals surface area contributed by atoms with E-state index in [1.807, 2.05) is 6.07 Å². The molecular formula is C10H11ClN2O2. The number of nitrogens with zero attached hydrogens (tertiary/aromatic N) is 1. The van der Waals surface area contributed by atoms with Gasteiger partial charge in [0, 0.05) is 5.69 Å². The Balaban J connectivity index is 2.98. The maximum Gasteiger partial charge on any atom is 0.106 e. The van der Waals surface area contributed by atoms with Crippen LogP contribution in [0.15, 0.2) is 18.2 Å². The monoisotopic (exact) mass is 226 g/mol. The van der Waals surface area contributed by atoms with Crippen LogP contribution >= 0.6 is 11.6 Å². The summed E-state index contributed by atoms with van der Waals surface area (Å²) in [4.78, 5) is 0. The zero-order valence-electron chi connectivity index (χ0n) is 7.89. The molecule has 1 aromatic carbocycles. The maximum absolute atomic E-state index is 9.60. The predicted molar refractivity (Wildman–Crippen MR) is 57.3 cm³/mol. The van der Waals surface area contributed by atoms with Crippen molar-refractivity contribution < 1.29 is 10.2 Å². The molecule has 0 aliphatic heterocycles. The Morgan fingerprint density at radius 2 is 2.13 bits per heavy atom. The molecule has 15 heavy (non-hydrogen) atoms. The molecule has 0 saturated heterocycles. The summed E-state index contributed by atoms with van der Waals surface area (Å²) in [6, 6.07) is 6.40. The molecule has 5 heteroatoms. The number of nitriles is 1. The highest BCUT2D eigenvalue weighted by Gasteiger charge is 2.17. The molecule has 0 aliphatic carbocycles. The molecule has 0 amide bonds. The van der Waals surface area contributed by atoms with Gasteiger partial charge in [0.25, 0.3) is 0 Å². The topological polar surface area (TPSA) is 90.3 Å². The molecule has 2 atom stereocenters. The average molecular weight is 227 g/mol. The van der Waals surface area contributed by atoms with E-state index in [2.05, 4.69) is 0 Å². The molecule has 80 valence electrons. The third kappa shape index (κ3) is 2.60. The van der Waals surface area contributed by atoms with Crippen molar-refractivity contribution in [3.8, 4) is 6.07 Å². The first-order valence-electron chi connectivity index (χ1n) is 4.31. The molecule has 0 bridgehead atoms. The van der Waals surface area contributed by atoms with Crippen LogP contribution in [-0.2, 0) is 0 Å². The Morgan fingerprint density at radius 3 is 2.60 bits per heavy atom.